The molecule has 5 rings (SSSR count). The van der Waals surface area contributed by atoms with Crippen LogP contribution in [-0.4, -0.2) is 32.6 Å². The number of amides is 1. The van der Waals surface area contributed by atoms with Crippen LogP contribution in [0.1, 0.15) is 78.9 Å². The molecule has 2 fully saturated rings. The summed E-state index contributed by atoms with van der Waals surface area (Å²) < 4.78 is 33.3. The van der Waals surface area contributed by atoms with Crippen LogP contribution in [0.15, 0.2) is 34.9 Å². The van der Waals surface area contributed by atoms with Gasteiger partial charge in [0.15, 0.2) is 0 Å². The molecule has 0 aliphatic heterocycles. The highest BCUT2D eigenvalue weighted by molar-refractivity contribution is 6.03. The van der Waals surface area contributed by atoms with Gasteiger partial charge in [-0.15, -0.1) is 0 Å². The van der Waals surface area contributed by atoms with E-state index in [0.717, 1.165) is 11.3 Å². The predicted octanol–water partition coefficient (Wildman–Crippen LogP) is 4.45. The second-order valence-electron chi connectivity index (χ2n) is 10.6. The number of ketones is 1. The highest BCUT2D eigenvalue weighted by Gasteiger charge is 2.62. The molecule has 0 saturated heterocycles. The maximum Gasteiger partial charge on any atom is 0.254 e. The molecule has 2 aliphatic rings. The van der Waals surface area contributed by atoms with Gasteiger partial charge in [-0.2, -0.15) is 5.10 Å². The number of nitrogens with zero attached hydrogens (tertiary/aromatic N) is 3. The summed E-state index contributed by atoms with van der Waals surface area (Å²) in [4.78, 5) is 24.6. The number of nitrogens with two attached hydrogens (primary N) is 2. The van der Waals surface area contributed by atoms with Crippen molar-refractivity contribution in [3.05, 3.63) is 52.9 Å². The van der Waals surface area contributed by atoms with Crippen molar-refractivity contribution in [2.45, 2.75) is 70.3 Å². The van der Waals surface area contributed by atoms with Crippen LogP contribution in [0.25, 0.3) is 11.3 Å². The van der Waals surface area contributed by atoms with Crippen LogP contribution in [0.5, 0.6) is 0 Å². The molecule has 1 spiro atoms. The molecule has 2 aliphatic carbocycles. The van der Waals surface area contributed by atoms with Crippen molar-refractivity contribution >= 4 is 17.5 Å². The molecular weight excluding hydrogens is 468 g/mol. The molecule has 0 atom stereocenters. The van der Waals surface area contributed by atoms with E-state index in [1.54, 1.807) is 35.0 Å². The Morgan fingerprint density at radius 1 is 1.17 bits per heavy atom. The zero-order chi connectivity index (χ0) is 25.8. The number of hydrogen-bond acceptors (Lipinski definition) is 6. The Balaban J connectivity index is 1.20. The lowest BCUT2D eigenvalue weighted by Gasteiger charge is -2.56. The first-order valence-electron chi connectivity index (χ1n) is 12.1. The molecule has 10 heteroatoms. The zero-order valence-corrected chi connectivity index (χ0v) is 20.3. The van der Waals surface area contributed by atoms with Gasteiger partial charge in [0.1, 0.15) is 28.6 Å². The normalized spacial score (nSPS) is 18.2. The van der Waals surface area contributed by atoms with Crippen LogP contribution >= 0.6 is 0 Å². The highest BCUT2D eigenvalue weighted by Crippen LogP contribution is 2.66. The minimum Gasteiger partial charge on any atom is -0.383 e. The molecule has 36 heavy (non-hydrogen) atoms. The summed E-state index contributed by atoms with van der Waals surface area (Å²) in [5, 5.41) is 8.54. The molecule has 0 unspecified atom stereocenters. The third-order valence-electron chi connectivity index (χ3n) is 7.30. The average molecular weight is 498 g/mol. The van der Waals surface area contributed by atoms with Gasteiger partial charge < -0.3 is 16.0 Å². The molecule has 2 heterocycles. The maximum absolute atomic E-state index is 13.2. The van der Waals surface area contributed by atoms with Crippen molar-refractivity contribution in [3.8, 4) is 11.3 Å². The van der Waals surface area contributed by atoms with Crippen LogP contribution in [0.2, 0.25) is 0 Å². The van der Waals surface area contributed by atoms with Crippen molar-refractivity contribution in [2.75, 3.05) is 5.73 Å². The fourth-order valence-electron chi connectivity index (χ4n) is 5.68. The quantitative estimate of drug-likeness (QED) is 0.473. The Kier molecular flexibility index (Phi) is 5.72. The second kappa shape index (κ2) is 8.53. The van der Waals surface area contributed by atoms with Crippen LogP contribution < -0.4 is 11.5 Å². The minimum atomic E-state index is -2.52. The number of halogens is 2. The van der Waals surface area contributed by atoms with Crippen LogP contribution in [0, 0.1) is 5.41 Å². The van der Waals surface area contributed by atoms with E-state index in [0.29, 0.717) is 29.9 Å². The summed E-state index contributed by atoms with van der Waals surface area (Å²) in [5.74, 6) is -2.38. The van der Waals surface area contributed by atoms with E-state index in [-0.39, 0.29) is 60.2 Å². The van der Waals surface area contributed by atoms with Crippen molar-refractivity contribution < 1.29 is 22.9 Å². The Labute approximate surface area is 207 Å². The molecule has 2 aromatic heterocycles. The third kappa shape index (κ3) is 4.40. The highest BCUT2D eigenvalue weighted by atomic mass is 19.3. The van der Waals surface area contributed by atoms with Gasteiger partial charge in [-0.25, -0.2) is 13.5 Å². The number of rotatable bonds is 8. The fraction of sp³-hybridized carbons (Fsp3) is 0.462. The smallest absolute Gasteiger partial charge is 0.254 e. The molecule has 8 nitrogen and oxygen atoms in total. The van der Waals surface area contributed by atoms with Crippen LogP contribution in [0.4, 0.5) is 14.6 Å². The van der Waals surface area contributed by atoms with E-state index >= 15 is 0 Å². The van der Waals surface area contributed by atoms with E-state index in [1.807, 2.05) is 13.8 Å². The maximum atomic E-state index is 13.2. The summed E-state index contributed by atoms with van der Waals surface area (Å²) in [6.07, 6.45) is 1.64. The number of anilines is 1. The SMILES string of the molecule is CC(C)n1nc(-c2ccc(CC(=O)Cc3cc(C4CC5(C4)CC(F)(F)C5)no3)cc2)c(C(N)=O)c1N. The van der Waals surface area contributed by atoms with E-state index < -0.39 is 11.8 Å². The van der Waals surface area contributed by atoms with Crippen molar-refractivity contribution in [2.24, 2.45) is 11.1 Å². The number of alkyl halides is 2. The van der Waals surface area contributed by atoms with Crippen molar-refractivity contribution in [1.82, 2.24) is 14.9 Å². The van der Waals surface area contributed by atoms with Gasteiger partial charge in [0, 0.05) is 42.9 Å². The molecule has 3 aromatic rings. The van der Waals surface area contributed by atoms with Gasteiger partial charge in [-0.1, -0.05) is 29.4 Å². The van der Waals surface area contributed by atoms with Gasteiger partial charge in [0.25, 0.3) is 5.91 Å². The lowest BCUT2D eigenvalue weighted by atomic mass is 9.50. The van der Waals surface area contributed by atoms with Crippen molar-refractivity contribution in [3.63, 3.8) is 0 Å². The lowest BCUT2D eigenvalue weighted by Crippen LogP contribution is -2.52. The standard InChI is InChI=1S/C26H29F2N5O3/c1-14(2)33-23(29)21(24(30)35)22(31-33)16-5-3-15(4-6-16)7-18(34)8-19-9-20(32-36-19)17-10-25(11-17)12-26(27,28)13-25/h3-6,9,14,17H,7-8,10-13,29H2,1-2H3,(H2,30,35). The summed E-state index contributed by atoms with van der Waals surface area (Å²) in [7, 11) is 0. The summed E-state index contributed by atoms with van der Waals surface area (Å²) in [6.45, 7) is 3.81. The molecule has 190 valence electrons. The number of carbonyl (C=O) groups excluding carboxylic acids is 2. The topological polar surface area (TPSA) is 130 Å². The summed E-state index contributed by atoms with van der Waals surface area (Å²) in [6, 6.07) is 8.90. The zero-order valence-electron chi connectivity index (χ0n) is 20.3. The van der Waals surface area contributed by atoms with E-state index in [4.69, 9.17) is 16.0 Å². The lowest BCUT2D eigenvalue weighted by molar-refractivity contribution is -0.196. The number of Topliss-reactive ketones (excluding diaryl/α,β-unsaturated/α-hetero) is 1. The Bertz CT molecular complexity index is 1310. The number of nitrogen functional groups attached to an aromatic ring is 1. The van der Waals surface area contributed by atoms with Gasteiger partial charge in [-0.3, -0.25) is 9.59 Å². The van der Waals surface area contributed by atoms with E-state index in [9.17, 15) is 18.4 Å². The van der Waals surface area contributed by atoms with Gasteiger partial charge in [-0.05, 0) is 37.7 Å². The average Bonchev–Trinajstić information content (AvgIpc) is 3.34. The monoisotopic (exact) mass is 497 g/mol. The molecule has 1 aromatic carbocycles. The van der Waals surface area contributed by atoms with Crippen molar-refractivity contribution in [1.29, 1.82) is 0 Å². The molecular formula is C26H29F2N5O3. The number of aromatic nitrogens is 3. The first-order valence-corrected chi connectivity index (χ1v) is 12.1. The van der Waals surface area contributed by atoms with E-state index in [2.05, 4.69) is 10.3 Å². The Morgan fingerprint density at radius 2 is 1.83 bits per heavy atom. The number of benzene rings is 1. The van der Waals surface area contributed by atoms with Gasteiger partial charge in [0.05, 0.1) is 12.1 Å². The Morgan fingerprint density at radius 3 is 2.42 bits per heavy atom. The fourth-order valence-corrected chi connectivity index (χ4v) is 5.68. The molecule has 0 bridgehead atoms. The summed E-state index contributed by atoms with van der Waals surface area (Å²) in [5.41, 5.74) is 14.2. The first-order chi connectivity index (χ1) is 17.0. The minimum absolute atomic E-state index is 0.0324. The number of primary amides is 1. The first kappa shape index (κ1) is 24.1. The predicted molar refractivity (Wildman–Crippen MR) is 128 cm³/mol. The molecule has 1 amide bonds. The molecule has 2 saturated carbocycles. The number of carbonyl (C=O) groups is 2. The Hall–Kier alpha value is -3.56. The van der Waals surface area contributed by atoms with Gasteiger partial charge in [0.2, 0.25) is 5.92 Å². The number of hydrogen-bond donors (Lipinski definition) is 2. The molecule has 4 N–H and O–H groups in total. The summed E-state index contributed by atoms with van der Waals surface area (Å²) >= 11 is 0. The van der Waals surface area contributed by atoms with E-state index in [1.165, 1.54) is 0 Å². The van der Waals surface area contributed by atoms with Gasteiger partial charge >= 0.3 is 0 Å². The van der Waals surface area contributed by atoms with Crippen LogP contribution in [-0.2, 0) is 17.6 Å². The second-order valence-corrected chi connectivity index (χ2v) is 10.6. The van der Waals surface area contributed by atoms with Crippen LogP contribution in [0.3, 0.4) is 0 Å². The molecule has 0 radical (unpaired) electrons. The third-order valence-corrected chi connectivity index (χ3v) is 7.30. The largest absolute Gasteiger partial charge is 0.383 e.